The minimum Gasteiger partial charge on any atom is -0.498 e. The molecule has 0 N–H and O–H groups in total. The number of hydrogen-bond donors (Lipinski definition) is 0. The van der Waals surface area contributed by atoms with Crippen molar-refractivity contribution in [2.24, 2.45) is 11.8 Å². The van der Waals surface area contributed by atoms with Gasteiger partial charge >= 0.3 is 0 Å². The quantitative estimate of drug-likeness (QED) is 0.338. The Bertz CT molecular complexity index is 542. The molecule has 0 saturated heterocycles. The predicted molar refractivity (Wildman–Crippen MR) is 118 cm³/mol. The lowest BCUT2D eigenvalue weighted by Gasteiger charge is -2.23. The van der Waals surface area contributed by atoms with Crippen LogP contribution in [0.25, 0.3) is 0 Å². The van der Waals surface area contributed by atoms with Gasteiger partial charge in [0, 0.05) is 6.42 Å². The second kappa shape index (κ2) is 12.3. The van der Waals surface area contributed by atoms with Crippen molar-refractivity contribution in [3.05, 3.63) is 47.2 Å². The summed E-state index contributed by atoms with van der Waals surface area (Å²) in [4.78, 5) is 0. The first-order valence-corrected chi connectivity index (χ1v) is 11.5. The zero-order valence-corrected chi connectivity index (χ0v) is 18.3. The second-order valence-electron chi connectivity index (χ2n) is 8.79. The SMILES string of the molecule is CCC(C)CCCOC1=CCC(c2ccc(CCCC(C)CC)cc2)CC1. The van der Waals surface area contributed by atoms with Gasteiger partial charge in [-0.05, 0) is 73.5 Å². The van der Waals surface area contributed by atoms with Gasteiger partial charge in [-0.2, -0.15) is 0 Å². The van der Waals surface area contributed by atoms with Gasteiger partial charge in [-0.3, -0.25) is 0 Å². The van der Waals surface area contributed by atoms with Crippen LogP contribution in [0, 0.1) is 11.8 Å². The number of ether oxygens (including phenoxy) is 1. The van der Waals surface area contributed by atoms with Gasteiger partial charge in [0.05, 0.1) is 12.4 Å². The van der Waals surface area contributed by atoms with Gasteiger partial charge in [0.2, 0.25) is 0 Å². The average Bonchev–Trinajstić information content (AvgIpc) is 2.71. The Hall–Kier alpha value is -1.24. The largest absolute Gasteiger partial charge is 0.498 e. The summed E-state index contributed by atoms with van der Waals surface area (Å²) in [5.74, 6) is 3.60. The molecule has 0 aromatic heterocycles. The molecule has 0 heterocycles. The molecular weight excluding hydrogens is 328 g/mol. The summed E-state index contributed by atoms with van der Waals surface area (Å²) in [7, 11) is 0. The Kier molecular flexibility index (Phi) is 10.0. The Morgan fingerprint density at radius 3 is 2.22 bits per heavy atom. The molecule has 0 aliphatic heterocycles. The van der Waals surface area contributed by atoms with Crippen LogP contribution in [0.3, 0.4) is 0 Å². The first kappa shape index (κ1) is 22.1. The molecule has 152 valence electrons. The van der Waals surface area contributed by atoms with Crippen molar-refractivity contribution in [3.63, 3.8) is 0 Å². The first-order valence-electron chi connectivity index (χ1n) is 11.5. The third-order valence-electron chi connectivity index (χ3n) is 6.51. The predicted octanol–water partition coefficient (Wildman–Crippen LogP) is 8.05. The highest BCUT2D eigenvalue weighted by molar-refractivity contribution is 5.27. The van der Waals surface area contributed by atoms with E-state index in [0.29, 0.717) is 5.92 Å². The Labute approximate surface area is 168 Å². The molecule has 1 aliphatic rings. The molecule has 0 saturated carbocycles. The molecule has 0 bridgehead atoms. The second-order valence-corrected chi connectivity index (χ2v) is 8.79. The van der Waals surface area contributed by atoms with Crippen molar-refractivity contribution in [2.75, 3.05) is 6.61 Å². The molecule has 3 unspecified atom stereocenters. The van der Waals surface area contributed by atoms with Crippen molar-refractivity contribution in [1.82, 2.24) is 0 Å². The molecular formula is C26H42O. The molecule has 0 spiro atoms. The van der Waals surface area contributed by atoms with E-state index >= 15 is 0 Å². The number of aryl methyl sites for hydroxylation is 1. The number of rotatable bonds is 12. The maximum Gasteiger partial charge on any atom is 0.0920 e. The number of benzene rings is 1. The fourth-order valence-electron chi connectivity index (χ4n) is 3.90. The van der Waals surface area contributed by atoms with Gasteiger partial charge < -0.3 is 4.74 Å². The van der Waals surface area contributed by atoms with Crippen LogP contribution in [0.15, 0.2) is 36.1 Å². The van der Waals surface area contributed by atoms with E-state index in [1.165, 1.54) is 68.3 Å². The van der Waals surface area contributed by atoms with Gasteiger partial charge in [-0.15, -0.1) is 0 Å². The Morgan fingerprint density at radius 2 is 1.63 bits per heavy atom. The van der Waals surface area contributed by atoms with E-state index in [-0.39, 0.29) is 0 Å². The van der Waals surface area contributed by atoms with Crippen molar-refractivity contribution < 1.29 is 4.74 Å². The number of allylic oxidation sites excluding steroid dienone is 2. The van der Waals surface area contributed by atoms with Crippen molar-refractivity contribution in [2.45, 2.75) is 97.8 Å². The summed E-state index contributed by atoms with van der Waals surface area (Å²) in [5, 5.41) is 0. The summed E-state index contributed by atoms with van der Waals surface area (Å²) in [6, 6.07) is 9.46. The van der Waals surface area contributed by atoms with Crippen molar-refractivity contribution >= 4 is 0 Å². The van der Waals surface area contributed by atoms with E-state index in [2.05, 4.69) is 58.0 Å². The third-order valence-corrected chi connectivity index (χ3v) is 6.51. The van der Waals surface area contributed by atoms with Gasteiger partial charge in [0.25, 0.3) is 0 Å². The smallest absolute Gasteiger partial charge is 0.0920 e. The molecule has 0 amide bonds. The van der Waals surface area contributed by atoms with Gasteiger partial charge in [-0.1, -0.05) is 71.2 Å². The molecule has 1 nitrogen and oxygen atoms in total. The highest BCUT2D eigenvalue weighted by atomic mass is 16.5. The van der Waals surface area contributed by atoms with E-state index in [4.69, 9.17) is 4.74 Å². The third kappa shape index (κ3) is 8.11. The van der Waals surface area contributed by atoms with E-state index in [9.17, 15) is 0 Å². The van der Waals surface area contributed by atoms with Crippen LogP contribution in [0.5, 0.6) is 0 Å². The molecule has 0 fully saturated rings. The van der Waals surface area contributed by atoms with E-state index < -0.39 is 0 Å². The molecule has 0 radical (unpaired) electrons. The molecule has 1 aromatic carbocycles. The zero-order valence-electron chi connectivity index (χ0n) is 18.3. The molecule has 1 aliphatic carbocycles. The minimum absolute atomic E-state index is 0.673. The Morgan fingerprint density at radius 1 is 0.963 bits per heavy atom. The summed E-state index contributed by atoms with van der Waals surface area (Å²) >= 11 is 0. The van der Waals surface area contributed by atoms with Crippen molar-refractivity contribution in [3.8, 4) is 0 Å². The average molecular weight is 371 g/mol. The molecule has 2 rings (SSSR count). The minimum atomic E-state index is 0.673. The van der Waals surface area contributed by atoms with Crippen LogP contribution in [0.2, 0.25) is 0 Å². The lowest BCUT2D eigenvalue weighted by Crippen LogP contribution is -2.07. The molecule has 27 heavy (non-hydrogen) atoms. The van der Waals surface area contributed by atoms with Crippen LogP contribution in [-0.2, 0) is 11.2 Å². The van der Waals surface area contributed by atoms with Gasteiger partial charge in [-0.25, -0.2) is 0 Å². The summed E-state index contributed by atoms with van der Waals surface area (Å²) < 4.78 is 6.02. The molecule has 1 heteroatoms. The molecule has 3 atom stereocenters. The first-order chi connectivity index (χ1) is 13.1. The summed E-state index contributed by atoms with van der Waals surface area (Å²) in [5.41, 5.74) is 3.01. The van der Waals surface area contributed by atoms with Crippen LogP contribution < -0.4 is 0 Å². The van der Waals surface area contributed by atoms with E-state index in [1.54, 1.807) is 0 Å². The lowest BCUT2D eigenvalue weighted by atomic mass is 9.86. The van der Waals surface area contributed by atoms with Crippen LogP contribution in [0.1, 0.15) is 103 Å². The standard InChI is InChI=1S/C26H42O/c1-5-21(3)9-7-11-23-12-14-24(15-13-23)25-16-18-26(19-17-25)27-20-8-10-22(4)6-2/h12-15,18,21-22,25H,5-11,16-17,19-20H2,1-4H3. The summed E-state index contributed by atoms with van der Waals surface area (Å²) in [6.07, 6.45) is 14.8. The van der Waals surface area contributed by atoms with Crippen LogP contribution in [-0.4, -0.2) is 6.61 Å². The van der Waals surface area contributed by atoms with Gasteiger partial charge in [0.1, 0.15) is 0 Å². The highest BCUT2D eigenvalue weighted by Crippen LogP contribution is 2.32. The maximum atomic E-state index is 6.02. The normalized spacial score (nSPS) is 19.4. The van der Waals surface area contributed by atoms with Crippen LogP contribution >= 0.6 is 0 Å². The van der Waals surface area contributed by atoms with Crippen molar-refractivity contribution in [1.29, 1.82) is 0 Å². The van der Waals surface area contributed by atoms with Gasteiger partial charge in [0.15, 0.2) is 0 Å². The molecule has 1 aromatic rings. The van der Waals surface area contributed by atoms with E-state index in [1.807, 2.05) is 0 Å². The maximum absolute atomic E-state index is 6.02. The summed E-state index contributed by atoms with van der Waals surface area (Å²) in [6.45, 7) is 10.2. The van der Waals surface area contributed by atoms with Crippen LogP contribution in [0.4, 0.5) is 0 Å². The number of hydrogen-bond acceptors (Lipinski definition) is 1. The fraction of sp³-hybridized carbons (Fsp3) is 0.692. The Balaban J connectivity index is 1.71. The topological polar surface area (TPSA) is 9.23 Å². The lowest BCUT2D eigenvalue weighted by molar-refractivity contribution is 0.183. The fourth-order valence-corrected chi connectivity index (χ4v) is 3.90. The monoisotopic (exact) mass is 370 g/mol. The highest BCUT2D eigenvalue weighted by Gasteiger charge is 2.17. The van der Waals surface area contributed by atoms with E-state index in [0.717, 1.165) is 31.3 Å². The zero-order chi connectivity index (χ0) is 19.5.